The summed E-state index contributed by atoms with van der Waals surface area (Å²) in [5, 5.41) is 20.4. The van der Waals surface area contributed by atoms with Crippen molar-refractivity contribution in [2.24, 2.45) is 5.16 Å². The summed E-state index contributed by atoms with van der Waals surface area (Å²) in [5.74, 6) is 0.0252. The van der Waals surface area contributed by atoms with Crippen LogP contribution in [0.2, 0.25) is 0 Å². The summed E-state index contributed by atoms with van der Waals surface area (Å²) >= 11 is 0. The number of rotatable bonds is 6. The molecule has 22 heavy (non-hydrogen) atoms. The van der Waals surface area contributed by atoms with Gasteiger partial charge in [0.25, 0.3) is 0 Å². The molecule has 0 unspecified atom stereocenters. The first-order valence-corrected chi connectivity index (χ1v) is 6.44. The molecule has 0 saturated heterocycles. The second-order valence-electron chi connectivity index (χ2n) is 4.45. The van der Waals surface area contributed by atoms with Crippen molar-refractivity contribution in [3.05, 3.63) is 59.2 Å². The Hall–Kier alpha value is -3.02. The molecule has 0 aliphatic heterocycles. The molecule has 0 bridgehead atoms. The van der Waals surface area contributed by atoms with E-state index in [4.69, 9.17) is 19.8 Å². The number of oxime groups is 1. The minimum Gasteiger partial charge on any atom is -0.493 e. The van der Waals surface area contributed by atoms with Crippen LogP contribution < -0.4 is 9.47 Å². The predicted octanol–water partition coefficient (Wildman–Crippen LogP) is 2.78. The molecule has 114 valence electrons. The number of aromatic carboxylic acids is 1. The molecule has 0 atom stereocenters. The molecule has 0 saturated carbocycles. The van der Waals surface area contributed by atoms with Crippen LogP contribution in [-0.2, 0) is 6.61 Å². The highest BCUT2D eigenvalue weighted by Crippen LogP contribution is 2.28. The monoisotopic (exact) mass is 301 g/mol. The lowest BCUT2D eigenvalue weighted by atomic mass is 10.1. The zero-order chi connectivity index (χ0) is 15.9. The fraction of sp³-hybridized carbons (Fsp3) is 0.125. The SMILES string of the molecule is COc1cc(C=NO)ccc1OCc1cccc(C(=O)O)c1. The van der Waals surface area contributed by atoms with E-state index in [1.807, 2.05) is 0 Å². The second kappa shape index (κ2) is 7.12. The van der Waals surface area contributed by atoms with Gasteiger partial charge in [0.15, 0.2) is 11.5 Å². The van der Waals surface area contributed by atoms with Crippen molar-refractivity contribution in [1.82, 2.24) is 0 Å². The van der Waals surface area contributed by atoms with E-state index in [-0.39, 0.29) is 12.2 Å². The second-order valence-corrected chi connectivity index (χ2v) is 4.45. The van der Waals surface area contributed by atoms with E-state index < -0.39 is 5.97 Å². The van der Waals surface area contributed by atoms with Crippen molar-refractivity contribution in [1.29, 1.82) is 0 Å². The maximum Gasteiger partial charge on any atom is 0.335 e. The number of benzene rings is 2. The Morgan fingerprint density at radius 3 is 2.73 bits per heavy atom. The molecule has 2 rings (SSSR count). The number of carbonyl (C=O) groups is 1. The van der Waals surface area contributed by atoms with E-state index in [2.05, 4.69) is 5.16 Å². The zero-order valence-corrected chi connectivity index (χ0v) is 11.9. The van der Waals surface area contributed by atoms with Crippen molar-refractivity contribution in [2.75, 3.05) is 7.11 Å². The normalized spacial score (nSPS) is 10.6. The molecular formula is C16H15NO5. The third kappa shape index (κ3) is 3.76. The number of carboxylic acids is 1. The van der Waals surface area contributed by atoms with Crippen molar-refractivity contribution in [3.8, 4) is 11.5 Å². The van der Waals surface area contributed by atoms with Crippen LogP contribution in [0.4, 0.5) is 0 Å². The molecule has 0 aliphatic rings. The van der Waals surface area contributed by atoms with Gasteiger partial charge in [-0.25, -0.2) is 4.79 Å². The van der Waals surface area contributed by atoms with Gasteiger partial charge in [-0.05, 0) is 35.9 Å². The number of nitrogens with zero attached hydrogens (tertiary/aromatic N) is 1. The largest absolute Gasteiger partial charge is 0.493 e. The first-order valence-electron chi connectivity index (χ1n) is 6.44. The maximum atomic E-state index is 10.9. The first kappa shape index (κ1) is 15.4. The Morgan fingerprint density at radius 1 is 1.23 bits per heavy atom. The van der Waals surface area contributed by atoms with Gasteiger partial charge in [0, 0.05) is 5.56 Å². The molecule has 0 heterocycles. The lowest BCUT2D eigenvalue weighted by Gasteiger charge is -2.11. The van der Waals surface area contributed by atoms with E-state index in [0.717, 1.165) is 5.56 Å². The molecule has 0 amide bonds. The molecule has 0 fully saturated rings. The van der Waals surface area contributed by atoms with Crippen molar-refractivity contribution >= 4 is 12.2 Å². The summed E-state index contributed by atoms with van der Waals surface area (Å²) in [5.41, 5.74) is 1.62. The Balaban J connectivity index is 2.14. The number of carboxylic acid groups (broad SMARTS) is 1. The van der Waals surface area contributed by atoms with Crippen molar-refractivity contribution in [3.63, 3.8) is 0 Å². The summed E-state index contributed by atoms with van der Waals surface area (Å²) in [6.45, 7) is 0.213. The van der Waals surface area contributed by atoms with Crippen LogP contribution in [-0.4, -0.2) is 29.6 Å². The molecule has 0 aliphatic carbocycles. The van der Waals surface area contributed by atoms with E-state index in [1.54, 1.807) is 36.4 Å². The topological polar surface area (TPSA) is 88.4 Å². The molecule has 2 N–H and O–H groups in total. The van der Waals surface area contributed by atoms with Crippen LogP contribution in [0.1, 0.15) is 21.5 Å². The minimum absolute atomic E-state index is 0.211. The lowest BCUT2D eigenvalue weighted by Crippen LogP contribution is -2.01. The van der Waals surface area contributed by atoms with Gasteiger partial charge in [-0.2, -0.15) is 0 Å². The maximum absolute atomic E-state index is 10.9. The third-order valence-electron chi connectivity index (χ3n) is 2.96. The van der Waals surface area contributed by atoms with Gasteiger partial charge in [0.1, 0.15) is 6.61 Å². The summed E-state index contributed by atoms with van der Waals surface area (Å²) in [6.07, 6.45) is 1.28. The molecule has 6 heteroatoms. The van der Waals surface area contributed by atoms with Gasteiger partial charge < -0.3 is 19.8 Å². The number of hydrogen-bond acceptors (Lipinski definition) is 5. The first-order chi connectivity index (χ1) is 10.6. The molecule has 6 nitrogen and oxygen atoms in total. The summed E-state index contributed by atoms with van der Waals surface area (Å²) in [6, 6.07) is 11.6. The zero-order valence-electron chi connectivity index (χ0n) is 11.9. The quantitative estimate of drug-likeness (QED) is 0.486. The minimum atomic E-state index is -0.980. The lowest BCUT2D eigenvalue weighted by molar-refractivity contribution is 0.0696. The van der Waals surface area contributed by atoms with Gasteiger partial charge >= 0.3 is 5.97 Å². The highest BCUT2D eigenvalue weighted by Gasteiger charge is 2.07. The fourth-order valence-electron chi connectivity index (χ4n) is 1.91. The Morgan fingerprint density at radius 2 is 2.05 bits per heavy atom. The van der Waals surface area contributed by atoms with Crippen LogP contribution in [0.3, 0.4) is 0 Å². The average Bonchev–Trinajstić information content (AvgIpc) is 2.54. The third-order valence-corrected chi connectivity index (χ3v) is 2.96. The molecule has 0 spiro atoms. The summed E-state index contributed by atoms with van der Waals surface area (Å²) < 4.78 is 10.9. The fourth-order valence-corrected chi connectivity index (χ4v) is 1.91. The van der Waals surface area contributed by atoms with Gasteiger partial charge in [0.2, 0.25) is 0 Å². The number of methoxy groups -OCH3 is 1. The highest BCUT2D eigenvalue weighted by atomic mass is 16.5. The van der Waals surface area contributed by atoms with Crippen LogP contribution in [0.25, 0.3) is 0 Å². The van der Waals surface area contributed by atoms with Crippen LogP contribution in [0.15, 0.2) is 47.6 Å². The van der Waals surface area contributed by atoms with Crippen molar-refractivity contribution < 1.29 is 24.6 Å². The number of hydrogen-bond donors (Lipinski definition) is 2. The average molecular weight is 301 g/mol. The van der Waals surface area contributed by atoms with E-state index in [9.17, 15) is 4.79 Å². The summed E-state index contributed by atoms with van der Waals surface area (Å²) in [4.78, 5) is 10.9. The Kier molecular flexibility index (Phi) is 4.98. The highest BCUT2D eigenvalue weighted by molar-refractivity contribution is 5.87. The molecular weight excluding hydrogens is 286 g/mol. The van der Waals surface area contributed by atoms with E-state index in [0.29, 0.717) is 17.1 Å². The van der Waals surface area contributed by atoms with Crippen LogP contribution in [0, 0.1) is 0 Å². The van der Waals surface area contributed by atoms with Gasteiger partial charge in [-0.1, -0.05) is 17.3 Å². The van der Waals surface area contributed by atoms with Crippen molar-refractivity contribution in [2.45, 2.75) is 6.61 Å². The van der Waals surface area contributed by atoms with Crippen LogP contribution >= 0.6 is 0 Å². The predicted molar refractivity (Wildman–Crippen MR) is 80.1 cm³/mol. The molecule has 2 aromatic rings. The Labute approximate surface area is 127 Å². The Bertz CT molecular complexity index is 697. The molecule has 0 radical (unpaired) electrons. The summed E-state index contributed by atoms with van der Waals surface area (Å²) in [7, 11) is 1.51. The van der Waals surface area contributed by atoms with Gasteiger partial charge in [-0.3, -0.25) is 0 Å². The molecule has 0 aromatic heterocycles. The number of ether oxygens (including phenoxy) is 2. The van der Waals surface area contributed by atoms with Gasteiger partial charge in [-0.15, -0.1) is 0 Å². The molecule has 2 aromatic carbocycles. The van der Waals surface area contributed by atoms with E-state index in [1.165, 1.54) is 19.4 Å². The van der Waals surface area contributed by atoms with E-state index >= 15 is 0 Å². The van der Waals surface area contributed by atoms with Gasteiger partial charge in [0.05, 0.1) is 18.9 Å². The smallest absolute Gasteiger partial charge is 0.335 e. The standard InChI is InChI=1S/C16H15NO5/c1-21-15-8-11(9-17-20)5-6-14(15)22-10-12-3-2-4-13(7-12)16(18)19/h2-9,20H,10H2,1H3,(H,18,19). The van der Waals surface area contributed by atoms with Crippen LogP contribution in [0.5, 0.6) is 11.5 Å².